The van der Waals surface area contributed by atoms with Gasteiger partial charge in [-0.3, -0.25) is 4.79 Å². The summed E-state index contributed by atoms with van der Waals surface area (Å²) in [5.41, 5.74) is 0.995. The number of carbonyl (C=O) groups excluding carboxylic acids is 1. The fraction of sp³-hybridized carbons (Fsp3) is 0.214. The maximum atomic E-state index is 13.5. The largest absolute Gasteiger partial charge is 0.288 e. The topological polar surface area (TPSA) is 17.1 Å². The number of halogens is 2. The molecule has 3 rings (SSSR count). The normalized spacial score (nSPS) is 13.7. The molecule has 2 aromatic rings. The minimum Gasteiger partial charge on any atom is -0.288 e. The average molecular weight is 264 g/mol. The van der Waals surface area contributed by atoms with Gasteiger partial charge in [0.2, 0.25) is 5.78 Å². The van der Waals surface area contributed by atoms with Crippen LogP contribution in [0.4, 0.5) is 8.78 Å². The highest BCUT2D eigenvalue weighted by Crippen LogP contribution is 2.32. The number of ketones is 1. The maximum Gasteiger partial charge on any atom is 0.206 e. The first-order chi connectivity index (χ1) is 8.65. The lowest BCUT2D eigenvalue weighted by Crippen LogP contribution is -2.03. The lowest BCUT2D eigenvalue weighted by Gasteiger charge is -2.00. The van der Waals surface area contributed by atoms with Crippen molar-refractivity contribution in [2.75, 3.05) is 0 Å². The minimum atomic E-state index is -0.671. The Kier molecular flexibility index (Phi) is 2.74. The summed E-state index contributed by atoms with van der Waals surface area (Å²) in [6.45, 7) is 0. The molecule has 0 N–H and O–H groups in total. The van der Waals surface area contributed by atoms with Crippen LogP contribution in [0, 0.1) is 11.6 Å². The Morgan fingerprint density at radius 2 is 2.00 bits per heavy atom. The van der Waals surface area contributed by atoms with E-state index in [0.29, 0.717) is 4.88 Å². The molecule has 0 amide bonds. The Morgan fingerprint density at radius 3 is 2.78 bits per heavy atom. The van der Waals surface area contributed by atoms with Gasteiger partial charge < -0.3 is 0 Å². The molecule has 1 aromatic carbocycles. The molecule has 0 spiro atoms. The molecule has 0 bridgehead atoms. The van der Waals surface area contributed by atoms with Gasteiger partial charge in [-0.25, -0.2) is 8.78 Å². The molecule has 0 aliphatic heterocycles. The molecule has 1 aromatic heterocycles. The molecular weight excluding hydrogens is 254 g/mol. The molecule has 0 atom stereocenters. The van der Waals surface area contributed by atoms with Crippen LogP contribution < -0.4 is 0 Å². The molecule has 1 aliphatic carbocycles. The summed E-state index contributed by atoms with van der Waals surface area (Å²) in [4.78, 5) is 13.8. The van der Waals surface area contributed by atoms with E-state index in [1.165, 1.54) is 21.8 Å². The van der Waals surface area contributed by atoms with E-state index in [1.54, 1.807) is 0 Å². The van der Waals surface area contributed by atoms with E-state index in [-0.39, 0.29) is 5.56 Å². The van der Waals surface area contributed by atoms with Gasteiger partial charge in [-0.1, -0.05) is 0 Å². The maximum absolute atomic E-state index is 13.5. The van der Waals surface area contributed by atoms with Gasteiger partial charge in [0.05, 0.1) is 10.4 Å². The fourth-order valence-corrected chi connectivity index (χ4v) is 3.45. The van der Waals surface area contributed by atoms with E-state index >= 15 is 0 Å². The van der Waals surface area contributed by atoms with Crippen molar-refractivity contribution in [1.29, 1.82) is 0 Å². The van der Waals surface area contributed by atoms with E-state index in [0.717, 1.165) is 37.5 Å². The average Bonchev–Trinajstić information content (AvgIpc) is 2.91. The number of benzene rings is 1. The zero-order chi connectivity index (χ0) is 12.7. The van der Waals surface area contributed by atoms with Crippen molar-refractivity contribution in [3.8, 4) is 0 Å². The highest BCUT2D eigenvalue weighted by Gasteiger charge is 2.21. The Morgan fingerprint density at radius 1 is 1.17 bits per heavy atom. The first kappa shape index (κ1) is 11.5. The molecule has 1 nitrogen and oxygen atoms in total. The van der Waals surface area contributed by atoms with Crippen LogP contribution in [0.5, 0.6) is 0 Å². The van der Waals surface area contributed by atoms with Crippen molar-refractivity contribution in [2.24, 2.45) is 0 Å². The molecule has 0 saturated carbocycles. The van der Waals surface area contributed by atoms with E-state index < -0.39 is 17.4 Å². The number of aryl methyl sites for hydroxylation is 2. The second-order valence-corrected chi connectivity index (χ2v) is 5.50. The van der Waals surface area contributed by atoms with Gasteiger partial charge in [0.15, 0.2) is 0 Å². The Labute approximate surface area is 107 Å². The molecule has 0 saturated heterocycles. The summed E-state index contributed by atoms with van der Waals surface area (Å²) in [6.07, 6.45) is 3.08. The number of hydrogen-bond donors (Lipinski definition) is 0. The van der Waals surface area contributed by atoms with E-state index in [9.17, 15) is 13.6 Å². The van der Waals surface area contributed by atoms with Crippen LogP contribution in [0.25, 0.3) is 0 Å². The van der Waals surface area contributed by atoms with E-state index in [4.69, 9.17) is 0 Å². The number of rotatable bonds is 2. The summed E-state index contributed by atoms with van der Waals surface area (Å²) in [7, 11) is 0. The van der Waals surface area contributed by atoms with Crippen LogP contribution in [-0.4, -0.2) is 5.78 Å². The van der Waals surface area contributed by atoms with Crippen LogP contribution in [-0.2, 0) is 12.8 Å². The van der Waals surface area contributed by atoms with Crippen LogP contribution in [0.15, 0.2) is 24.3 Å². The molecule has 18 heavy (non-hydrogen) atoms. The van der Waals surface area contributed by atoms with Crippen LogP contribution in [0.3, 0.4) is 0 Å². The molecule has 92 valence electrons. The molecule has 0 radical (unpaired) electrons. The Bertz CT molecular complexity index is 609. The Balaban J connectivity index is 2.01. The molecule has 0 fully saturated rings. The highest BCUT2D eigenvalue weighted by atomic mass is 32.1. The summed E-state index contributed by atoms with van der Waals surface area (Å²) >= 11 is 1.40. The van der Waals surface area contributed by atoms with Gasteiger partial charge in [0.25, 0.3) is 0 Å². The lowest BCUT2D eigenvalue weighted by molar-refractivity contribution is 0.103. The monoisotopic (exact) mass is 264 g/mol. The van der Waals surface area contributed by atoms with E-state index in [1.807, 2.05) is 6.07 Å². The van der Waals surface area contributed by atoms with Crippen molar-refractivity contribution in [1.82, 2.24) is 0 Å². The standard InChI is InChI=1S/C14H10F2OS/c15-9-4-5-11(16)10(7-9)14(17)13-6-8-2-1-3-12(8)18-13/h4-7H,1-3H2. The second-order valence-electron chi connectivity index (χ2n) is 4.37. The third-order valence-corrected chi connectivity index (χ3v) is 4.38. The van der Waals surface area contributed by atoms with Crippen LogP contribution >= 0.6 is 11.3 Å². The van der Waals surface area contributed by atoms with Gasteiger partial charge in [-0.05, 0) is 49.1 Å². The third-order valence-electron chi connectivity index (χ3n) is 3.14. The predicted molar refractivity (Wildman–Crippen MR) is 66.1 cm³/mol. The minimum absolute atomic E-state index is 0.185. The summed E-state index contributed by atoms with van der Waals surface area (Å²) < 4.78 is 26.6. The van der Waals surface area contributed by atoms with Crippen molar-refractivity contribution in [3.63, 3.8) is 0 Å². The van der Waals surface area contributed by atoms with E-state index in [2.05, 4.69) is 0 Å². The van der Waals surface area contributed by atoms with Crippen molar-refractivity contribution < 1.29 is 13.6 Å². The van der Waals surface area contributed by atoms with Gasteiger partial charge in [0, 0.05) is 4.88 Å². The summed E-state index contributed by atoms with van der Waals surface area (Å²) in [5, 5.41) is 0. The number of carbonyl (C=O) groups is 1. The van der Waals surface area contributed by atoms with Crippen molar-refractivity contribution in [3.05, 3.63) is 56.8 Å². The summed E-state index contributed by atoms with van der Waals surface area (Å²) in [5.74, 6) is -1.69. The van der Waals surface area contributed by atoms with Gasteiger partial charge in [-0.2, -0.15) is 0 Å². The molecular formula is C14H10F2OS. The van der Waals surface area contributed by atoms with Crippen molar-refractivity contribution in [2.45, 2.75) is 19.3 Å². The van der Waals surface area contributed by atoms with Crippen LogP contribution in [0.2, 0.25) is 0 Å². The zero-order valence-electron chi connectivity index (χ0n) is 9.50. The fourth-order valence-electron chi connectivity index (χ4n) is 2.25. The number of hydrogen-bond acceptors (Lipinski definition) is 2. The predicted octanol–water partition coefficient (Wildman–Crippen LogP) is 3.75. The SMILES string of the molecule is O=C(c1cc2c(s1)CCC2)c1cc(F)ccc1F. The third kappa shape index (κ3) is 1.86. The molecule has 1 heterocycles. The van der Waals surface area contributed by atoms with Crippen molar-refractivity contribution >= 4 is 17.1 Å². The van der Waals surface area contributed by atoms with Gasteiger partial charge in [-0.15, -0.1) is 11.3 Å². The van der Waals surface area contributed by atoms with Gasteiger partial charge >= 0.3 is 0 Å². The molecule has 1 aliphatic rings. The van der Waals surface area contributed by atoms with Crippen LogP contribution in [0.1, 0.15) is 32.1 Å². The molecule has 0 unspecified atom stereocenters. The van der Waals surface area contributed by atoms with Gasteiger partial charge in [0.1, 0.15) is 11.6 Å². The first-order valence-corrected chi connectivity index (χ1v) is 6.58. The Hall–Kier alpha value is -1.55. The summed E-state index contributed by atoms with van der Waals surface area (Å²) in [6, 6.07) is 4.78. The number of thiophene rings is 1. The quantitative estimate of drug-likeness (QED) is 0.755. The number of fused-ring (bicyclic) bond motifs is 1. The zero-order valence-corrected chi connectivity index (χ0v) is 10.3. The second kappa shape index (κ2) is 4.28. The molecule has 4 heteroatoms. The first-order valence-electron chi connectivity index (χ1n) is 5.76. The lowest BCUT2D eigenvalue weighted by atomic mass is 10.1. The highest BCUT2D eigenvalue weighted by molar-refractivity contribution is 7.14. The smallest absolute Gasteiger partial charge is 0.206 e.